The first-order valence-electron chi connectivity index (χ1n) is 7.09. The van der Waals surface area contributed by atoms with Gasteiger partial charge >= 0.3 is 0 Å². The molecule has 2 atom stereocenters. The minimum absolute atomic E-state index is 0.135. The molecule has 104 valence electrons. The lowest BCUT2D eigenvalue weighted by molar-refractivity contribution is -0.124. The van der Waals surface area contributed by atoms with Crippen LogP contribution in [0.2, 0.25) is 5.02 Å². The lowest BCUT2D eigenvalue weighted by Crippen LogP contribution is -2.33. The van der Waals surface area contributed by atoms with Crippen LogP contribution in [0.5, 0.6) is 0 Å². The average molecular weight is 280 g/mol. The molecule has 0 radical (unpaired) electrons. The summed E-state index contributed by atoms with van der Waals surface area (Å²) in [4.78, 5) is 12.5. The largest absolute Gasteiger partial charge is 0.330 e. The van der Waals surface area contributed by atoms with E-state index in [0.717, 1.165) is 30.4 Å². The highest BCUT2D eigenvalue weighted by atomic mass is 35.5. The summed E-state index contributed by atoms with van der Waals surface area (Å²) in [5.41, 5.74) is 7.86. The van der Waals surface area contributed by atoms with Gasteiger partial charge in [0.25, 0.3) is 0 Å². The van der Waals surface area contributed by atoms with Crippen LogP contribution in [0.1, 0.15) is 36.8 Å². The van der Waals surface area contributed by atoms with Crippen molar-refractivity contribution in [2.24, 2.45) is 17.6 Å². The molecule has 0 heterocycles. The number of carbonyl (C=O) groups excluding carboxylic acids is 1. The SMILES string of the molecule is Cc1ccc(CC(=O)C2CCCCC2CN)c(Cl)c1. The molecule has 3 heteroatoms. The Hall–Kier alpha value is -0.860. The summed E-state index contributed by atoms with van der Waals surface area (Å²) >= 11 is 6.21. The molecule has 2 rings (SSSR count). The molecule has 1 aliphatic rings. The third kappa shape index (κ3) is 3.58. The Morgan fingerprint density at radius 3 is 2.79 bits per heavy atom. The molecule has 1 aliphatic carbocycles. The Morgan fingerprint density at radius 2 is 2.11 bits per heavy atom. The molecule has 0 spiro atoms. The Bertz CT molecular complexity index is 458. The number of Topliss-reactive ketones (excluding diaryl/α,β-unsaturated/α-hetero) is 1. The van der Waals surface area contributed by atoms with Crippen LogP contribution in [0.15, 0.2) is 18.2 Å². The predicted octanol–water partition coefficient (Wildman–Crippen LogP) is 3.53. The third-order valence-electron chi connectivity index (χ3n) is 4.20. The van der Waals surface area contributed by atoms with E-state index < -0.39 is 0 Å². The van der Waals surface area contributed by atoms with Gasteiger partial charge in [-0.1, -0.05) is 36.6 Å². The molecule has 0 aliphatic heterocycles. The molecule has 0 bridgehead atoms. The second-order valence-corrected chi connectivity index (χ2v) is 6.03. The fourth-order valence-electron chi connectivity index (χ4n) is 3.03. The van der Waals surface area contributed by atoms with Gasteiger partial charge in [0.05, 0.1) is 0 Å². The first-order chi connectivity index (χ1) is 9.11. The quantitative estimate of drug-likeness (QED) is 0.916. The zero-order chi connectivity index (χ0) is 13.8. The first-order valence-corrected chi connectivity index (χ1v) is 7.47. The number of ketones is 1. The molecule has 19 heavy (non-hydrogen) atoms. The van der Waals surface area contributed by atoms with Crippen molar-refractivity contribution in [3.8, 4) is 0 Å². The highest BCUT2D eigenvalue weighted by molar-refractivity contribution is 6.31. The van der Waals surface area contributed by atoms with Gasteiger partial charge in [0.2, 0.25) is 0 Å². The van der Waals surface area contributed by atoms with Crippen molar-refractivity contribution in [2.45, 2.75) is 39.0 Å². The first kappa shape index (κ1) is 14.5. The smallest absolute Gasteiger partial charge is 0.140 e. The molecule has 2 unspecified atom stereocenters. The number of benzene rings is 1. The summed E-state index contributed by atoms with van der Waals surface area (Å²) in [5.74, 6) is 0.808. The fraction of sp³-hybridized carbons (Fsp3) is 0.562. The molecule has 1 aromatic rings. The summed E-state index contributed by atoms with van der Waals surface area (Å²) in [7, 11) is 0. The van der Waals surface area contributed by atoms with Gasteiger partial charge in [0, 0.05) is 17.4 Å². The predicted molar refractivity (Wildman–Crippen MR) is 79.4 cm³/mol. The van der Waals surface area contributed by atoms with Crippen LogP contribution in [0.3, 0.4) is 0 Å². The van der Waals surface area contributed by atoms with Crippen LogP contribution in [0.4, 0.5) is 0 Å². The van der Waals surface area contributed by atoms with E-state index in [2.05, 4.69) is 0 Å². The van der Waals surface area contributed by atoms with E-state index in [1.54, 1.807) is 0 Å². The number of nitrogens with two attached hydrogens (primary N) is 1. The van der Waals surface area contributed by atoms with E-state index in [9.17, 15) is 4.79 Å². The van der Waals surface area contributed by atoms with Crippen molar-refractivity contribution in [2.75, 3.05) is 6.54 Å². The molecule has 2 nitrogen and oxygen atoms in total. The van der Waals surface area contributed by atoms with E-state index in [1.807, 2.05) is 25.1 Å². The molecule has 2 N–H and O–H groups in total. The average Bonchev–Trinajstić information content (AvgIpc) is 2.41. The monoisotopic (exact) mass is 279 g/mol. The lowest BCUT2D eigenvalue weighted by Gasteiger charge is -2.29. The number of rotatable bonds is 4. The standard InChI is InChI=1S/C16H22ClNO/c1-11-6-7-12(15(17)8-11)9-16(19)14-5-3-2-4-13(14)10-18/h6-8,13-14H,2-5,9-10,18H2,1H3. The van der Waals surface area contributed by atoms with E-state index in [4.69, 9.17) is 17.3 Å². The number of carbonyl (C=O) groups is 1. The highest BCUT2D eigenvalue weighted by Gasteiger charge is 2.29. The van der Waals surface area contributed by atoms with Gasteiger partial charge < -0.3 is 5.73 Å². The molecular weight excluding hydrogens is 258 g/mol. The van der Waals surface area contributed by atoms with Crippen molar-refractivity contribution in [1.29, 1.82) is 0 Å². The van der Waals surface area contributed by atoms with Gasteiger partial charge in [-0.25, -0.2) is 0 Å². The van der Waals surface area contributed by atoms with Crippen LogP contribution < -0.4 is 5.73 Å². The molecule has 1 fully saturated rings. The van der Waals surface area contributed by atoms with E-state index >= 15 is 0 Å². The third-order valence-corrected chi connectivity index (χ3v) is 4.55. The molecular formula is C16H22ClNO. The van der Waals surface area contributed by atoms with Crippen molar-refractivity contribution in [1.82, 2.24) is 0 Å². The summed E-state index contributed by atoms with van der Waals surface area (Å²) in [5, 5.41) is 0.702. The molecule has 0 aromatic heterocycles. The minimum atomic E-state index is 0.135. The second kappa shape index (κ2) is 6.53. The van der Waals surface area contributed by atoms with Crippen LogP contribution >= 0.6 is 11.6 Å². The fourth-order valence-corrected chi connectivity index (χ4v) is 3.33. The zero-order valence-corrected chi connectivity index (χ0v) is 12.2. The van der Waals surface area contributed by atoms with E-state index in [0.29, 0.717) is 29.7 Å². The number of hydrogen-bond donors (Lipinski definition) is 1. The normalized spacial score (nSPS) is 23.3. The van der Waals surface area contributed by atoms with Crippen molar-refractivity contribution >= 4 is 17.4 Å². The Morgan fingerprint density at radius 1 is 1.37 bits per heavy atom. The molecule has 1 aromatic carbocycles. The lowest BCUT2D eigenvalue weighted by atomic mass is 9.76. The highest BCUT2D eigenvalue weighted by Crippen LogP contribution is 2.31. The van der Waals surface area contributed by atoms with E-state index in [1.165, 1.54) is 6.42 Å². The molecule has 1 saturated carbocycles. The van der Waals surface area contributed by atoms with Gasteiger partial charge in [-0.05, 0) is 49.4 Å². The maximum absolute atomic E-state index is 12.5. The van der Waals surface area contributed by atoms with Crippen LogP contribution in [0.25, 0.3) is 0 Å². The number of halogens is 1. The van der Waals surface area contributed by atoms with E-state index in [-0.39, 0.29) is 5.92 Å². The Labute approximate surface area is 120 Å². The number of hydrogen-bond acceptors (Lipinski definition) is 2. The van der Waals surface area contributed by atoms with Gasteiger partial charge in [-0.2, -0.15) is 0 Å². The summed E-state index contributed by atoms with van der Waals surface area (Å²) in [6.45, 7) is 2.63. The van der Waals surface area contributed by atoms with Crippen LogP contribution in [-0.2, 0) is 11.2 Å². The topological polar surface area (TPSA) is 43.1 Å². The van der Waals surface area contributed by atoms with Gasteiger partial charge in [-0.15, -0.1) is 0 Å². The minimum Gasteiger partial charge on any atom is -0.330 e. The van der Waals surface area contributed by atoms with Crippen molar-refractivity contribution < 1.29 is 4.79 Å². The summed E-state index contributed by atoms with van der Waals surface area (Å²) < 4.78 is 0. The van der Waals surface area contributed by atoms with Crippen LogP contribution in [0, 0.1) is 18.8 Å². The maximum atomic E-state index is 12.5. The van der Waals surface area contributed by atoms with Gasteiger partial charge in [0.1, 0.15) is 5.78 Å². The Kier molecular flexibility index (Phi) is 5.00. The number of aryl methyl sites for hydroxylation is 1. The maximum Gasteiger partial charge on any atom is 0.140 e. The van der Waals surface area contributed by atoms with Gasteiger partial charge in [-0.3, -0.25) is 4.79 Å². The summed E-state index contributed by atoms with van der Waals surface area (Å²) in [6, 6.07) is 5.90. The van der Waals surface area contributed by atoms with Crippen LogP contribution in [-0.4, -0.2) is 12.3 Å². The summed E-state index contributed by atoms with van der Waals surface area (Å²) in [6.07, 6.45) is 4.88. The van der Waals surface area contributed by atoms with Gasteiger partial charge in [0.15, 0.2) is 0 Å². The molecule has 0 saturated heterocycles. The Balaban J connectivity index is 2.07. The zero-order valence-electron chi connectivity index (χ0n) is 11.5. The molecule has 0 amide bonds. The van der Waals surface area contributed by atoms with Crippen molar-refractivity contribution in [3.63, 3.8) is 0 Å². The van der Waals surface area contributed by atoms with Crippen molar-refractivity contribution in [3.05, 3.63) is 34.3 Å². The second-order valence-electron chi connectivity index (χ2n) is 5.62.